The first-order chi connectivity index (χ1) is 7.60. The summed E-state index contributed by atoms with van der Waals surface area (Å²) in [5.74, 6) is 0.290. The Morgan fingerprint density at radius 3 is 3.00 bits per heavy atom. The molecule has 1 aromatic rings. The van der Waals surface area contributed by atoms with Gasteiger partial charge in [0.15, 0.2) is 5.78 Å². The number of aromatic hydroxyl groups is 1. The predicted molar refractivity (Wildman–Crippen MR) is 60.4 cm³/mol. The third-order valence-electron chi connectivity index (χ3n) is 3.08. The quantitative estimate of drug-likeness (QED) is 0.848. The molecule has 1 aliphatic rings. The maximum Gasteiger partial charge on any atom is 0.168 e. The second-order valence-electron chi connectivity index (χ2n) is 4.45. The van der Waals surface area contributed by atoms with Gasteiger partial charge in [-0.15, -0.1) is 0 Å². The van der Waals surface area contributed by atoms with E-state index in [0.29, 0.717) is 13.0 Å². The summed E-state index contributed by atoms with van der Waals surface area (Å²) in [5.41, 5.74) is 0.215. The van der Waals surface area contributed by atoms with E-state index in [1.807, 2.05) is 13.0 Å². The first-order valence-corrected chi connectivity index (χ1v) is 5.55. The highest BCUT2D eigenvalue weighted by molar-refractivity contribution is 5.89. The molecule has 1 saturated heterocycles. The number of carbonyl (C=O) groups is 1. The zero-order valence-corrected chi connectivity index (χ0v) is 9.40. The summed E-state index contributed by atoms with van der Waals surface area (Å²) in [6, 6.07) is 6.81. The Balaban J connectivity index is 2.07. The zero-order valence-electron chi connectivity index (χ0n) is 9.40. The average Bonchev–Trinajstić information content (AvgIpc) is 2.66. The largest absolute Gasteiger partial charge is 0.508 e. The molecule has 1 aliphatic heterocycles. The molecule has 1 aromatic carbocycles. The number of benzene rings is 1. The molecule has 0 aliphatic carbocycles. The Hall–Kier alpha value is -1.35. The fraction of sp³-hybridized carbons (Fsp3) is 0.462. The molecule has 1 heterocycles. The van der Waals surface area contributed by atoms with Crippen molar-refractivity contribution in [2.24, 2.45) is 0 Å². The fourth-order valence-electron chi connectivity index (χ4n) is 2.04. The molecular weight excluding hydrogens is 204 g/mol. The second kappa shape index (κ2) is 4.26. The van der Waals surface area contributed by atoms with E-state index >= 15 is 0 Å². The minimum absolute atomic E-state index is 0.0931. The third kappa shape index (κ3) is 2.25. The van der Waals surface area contributed by atoms with Crippen LogP contribution in [0.5, 0.6) is 5.75 Å². The van der Waals surface area contributed by atoms with Crippen molar-refractivity contribution >= 4 is 5.78 Å². The lowest BCUT2D eigenvalue weighted by Gasteiger charge is -2.21. The van der Waals surface area contributed by atoms with Crippen LogP contribution in [0.3, 0.4) is 0 Å². The number of ether oxygens (including phenoxy) is 1. The summed E-state index contributed by atoms with van der Waals surface area (Å²) >= 11 is 0. The van der Waals surface area contributed by atoms with Crippen molar-refractivity contribution in [1.82, 2.24) is 0 Å². The lowest BCUT2D eigenvalue weighted by molar-refractivity contribution is -0.136. The van der Waals surface area contributed by atoms with Gasteiger partial charge in [0.25, 0.3) is 0 Å². The molecule has 3 nitrogen and oxygen atoms in total. The number of hydrogen-bond acceptors (Lipinski definition) is 3. The summed E-state index contributed by atoms with van der Waals surface area (Å²) < 4.78 is 5.49. The van der Waals surface area contributed by atoms with E-state index in [0.717, 1.165) is 18.4 Å². The molecule has 3 heteroatoms. The van der Waals surface area contributed by atoms with Crippen LogP contribution in [0.1, 0.15) is 25.3 Å². The Morgan fingerprint density at radius 2 is 2.38 bits per heavy atom. The van der Waals surface area contributed by atoms with Crippen molar-refractivity contribution < 1.29 is 14.6 Å². The van der Waals surface area contributed by atoms with Crippen LogP contribution in [0.2, 0.25) is 0 Å². The van der Waals surface area contributed by atoms with Gasteiger partial charge in [-0.3, -0.25) is 4.79 Å². The second-order valence-corrected chi connectivity index (χ2v) is 4.45. The van der Waals surface area contributed by atoms with Crippen LogP contribution in [-0.2, 0) is 16.0 Å². The summed E-state index contributed by atoms with van der Waals surface area (Å²) in [4.78, 5) is 12.0. The van der Waals surface area contributed by atoms with Crippen molar-refractivity contribution in [3.05, 3.63) is 29.8 Å². The lowest BCUT2D eigenvalue weighted by atomic mass is 9.92. The maximum atomic E-state index is 12.0. The number of phenolic OH excluding ortho intramolecular Hbond substituents is 1. The molecule has 0 spiro atoms. The first kappa shape index (κ1) is 11.1. The standard InChI is InChI=1S/C13H16O3/c1-13(6-3-7-16-13)12(15)9-10-4-2-5-11(14)8-10/h2,4-5,8,14H,3,6-7,9H2,1H3. The van der Waals surface area contributed by atoms with Crippen LogP contribution in [0.25, 0.3) is 0 Å². The average molecular weight is 220 g/mol. The number of phenols is 1. The molecule has 86 valence electrons. The number of Topliss-reactive ketones (excluding diaryl/α,β-unsaturated/α-hetero) is 1. The highest BCUT2D eigenvalue weighted by atomic mass is 16.5. The van der Waals surface area contributed by atoms with Gasteiger partial charge in [-0.25, -0.2) is 0 Å². The van der Waals surface area contributed by atoms with Gasteiger partial charge in [-0.1, -0.05) is 12.1 Å². The molecule has 16 heavy (non-hydrogen) atoms. The van der Waals surface area contributed by atoms with E-state index in [4.69, 9.17) is 4.74 Å². The summed E-state index contributed by atoms with van der Waals surface area (Å²) in [7, 11) is 0. The zero-order chi connectivity index (χ0) is 11.6. The van der Waals surface area contributed by atoms with Crippen LogP contribution in [0.4, 0.5) is 0 Å². The molecule has 1 atom stereocenters. The molecule has 0 saturated carbocycles. The predicted octanol–water partition coefficient (Wildman–Crippen LogP) is 2.07. The van der Waals surface area contributed by atoms with E-state index in [2.05, 4.69) is 0 Å². The molecule has 0 aromatic heterocycles. The van der Waals surface area contributed by atoms with Gasteiger partial charge in [-0.2, -0.15) is 0 Å². The van der Waals surface area contributed by atoms with Crippen molar-refractivity contribution in [2.45, 2.75) is 31.8 Å². The van der Waals surface area contributed by atoms with Gasteiger partial charge in [0.1, 0.15) is 11.4 Å². The number of hydrogen-bond donors (Lipinski definition) is 1. The molecule has 0 amide bonds. The highest BCUT2D eigenvalue weighted by Crippen LogP contribution is 2.27. The minimum Gasteiger partial charge on any atom is -0.508 e. The Labute approximate surface area is 95.0 Å². The van der Waals surface area contributed by atoms with E-state index in [1.54, 1.807) is 18.2 Å². The summed E-state index contributed by atoms with van der Waals surface area (Å²) in [5, 5.41) is 9.31. The number of rotatable bonds is 3. The molecule has 0 radical (unpaired) electrons. The van der Waals surface area contributed by atoms with E-state index in [1.165, 1.54) is 0 Å². The van der Waals surface area contributed by atoms with E-state index < -0.39 is 5.60 Å². The summed E-state index contributed by atoms with van der Waals surface area (Å²) in [6.45, 7) is 2.52. The number of ketones is 1. The Bertz CT molecular complexity index is 392. The van der Waals surface area contributed by atoms with Crippen LogP contribution in [0, 0.1) is 0 Å². The van der Waals surface area contributed by atoms with Crippen LogP contribution in [0.15, 0.2) is 24.3 Å². The SMILES string of the molecule is CC1(C(=O)Cc2cccc(O)c2)CCCO1. The van der Waals surface area contributed by atoms with Crippen molar-refractivity contribution in [1.29, 1.82) is 0 Å². The molecule has 0 bridgehead atoms. The van der Waals surface area contributed by atoms with Gasteiger partial charge in [-0.05, 0) is 37.5 Å². The molecule has 1 fully saturated rings. The Kier molecular flexibility index (Phi) is 2.97. The van der Waals surface area contributed by atoms with Gasteiger partial charge < -0.3 is 9.84 Å². The number of carbonyl (C=O) groups excluding carboxylic acids is 1. The molecule has 2 rings (SSSR count). The van der Waals surface area contributed by atoms with Crippen molar-refractivity contribution in [3.8, 4) is 5.75 Å². The third-order valence-corrected chi connectivity index (χ3v) is 3.08. The van der Waals surface area contributed by atoms with Crippen LogP contribution >= 0.6 is 0 Å². The fourth-order valence-corrected chi connectivity index (χ4v) is 2.04. The topological polar surface area (TPSA) is 46.5 Å². The van der Waals surface area contributed by atoms with Crippen LogP contribution < -0.4 is 0 Å². The maximum absolute atomic E-state index is 12.0. The van der Waals surface area contributed by atoms with Gasteiger partial charge in [0.2, 0.25) is 0 Å². The molecular formula is C13H16O3. The van der Waals surface area contributed by atoms with E-state index in [9.17, 15) is 9.90 Å². The molecule has 1 N–H and O–H groups in total. The molecule has 1 unspecified atom stereocenters. The first-order valence-electron chi connectivity index (χ1n) is 5.55. The van der Waals surface area contributed by atoms with Crippen molar-refractivity contribution in [2.75, 3.05) is 6.61 Å². The Morgan fingerprint density at radius 1 is 1.56 bits per heavy atom. The van der Waals surface area contributed by atoms with Crippen LogP contribution in [-0.4, -0.2) is 23.1 Å². The van der Waals surface area contributed by atoms with Crippen molar-refractivity contribution in [3.63, 3.8) is 0 Å². The van der Waals surface area contributed by atoms with Gasteiger partial charge in [0.05, 0.1) is 0 Å². The summed E-state index contributed by atoms with van der Waals surface area (Å²) in [6.07, 6.45) is 2.07. The van der Waals surface area contributed by atoms with E-state index in [-0.39, 0.29) is 11.5 Å². The van der Waals surface area contributed by atoms with Gasteiger partial charge in [0, 0.05) is 13.0 Å². The van der Waals surface area contributed by atoms with Gasteiger partial charge >= 0.3 is 0 Å². The lowest BCUT2D eigenvalue weighted by Crippen LogP contribution is -2.35. The normalized spacial score (nSPS) is 24.6. The smallest absolute Gasteiger partial charge is 0.168 e. The highest BCUT2D eigenvalue weighted by Gasteiger charge is 2.36. The minimum atomic E-state index is -0.620. The monoisotopic (exact) mass is 220 g/mol.